The molecular formula is C20H18N3OS+. The first-order valence-electron chi connectivity index (χ1n) is 8.47. The molecule has 0 saturated carbocycles. The van der Waals surface area contributed by atoms with Crippen LogP contribution in [0.15, 0.2) is 42.7 Å². The molecule has 1 aliphatic carbocycles. The molecule has 25 heavy (non-hydrogen) atoms. The van der Waals surface area contributed by atoms with Crippen molar-refractivity contribution in [2.45, 2.75) is 32.2 Å². The Hall–Kier alpha value is -2.71. The summed E-state index contributed by atoms with van der Waals surface area (Å²) in [5.41, 5.74) is 1.81. The molecule has 0 spiro atoms. The summed E-state index contributed by atoms with van der Waals surface area (Å²) in [6, 6.07) is 12.4. The molecule has 0 aliphatic heterocycles. The van der Waals surface area contributed by atoms with Gasteiger partial charge in [-0.05, 0) is 42.7 Å². The van der Waals surface area contributed by atoms with Crippen LogP contribution in [0.3, 0.4) is 0 Å². The van der Waals surface area contributed by atoms with Gasteiger partial charge in [0.2, 0.25) is 6.54 Å². The lowest BCUT2D eigenvalue weighted by molar-refractivity contribution is -0.682. The SMILES string of the molecule is N#Cc1c(NC(=O)C[n+]2ccc3ccccc3c2)sc2c1CCCC2. The molecule has 2 aromatic heterocycles. The lowest BCUT2D eigenvalue weighted by atomic mass is 9.96. The summed E-state index contributed by atoms with van der Waals surface area (Å²) in [5, 5.41) is 15.4. The summed E-state index contributed by atoms with van der Waals surface area (Å²) in [6.07, 6.45) is 8.14. The van der Waals surface area contributed by atoms with Crippen molar-refractivity contribution in [2.24, 2.45) is 0 Å². The van der Waals surface area contributed by atoms with Gasteiger partial charge in [-0.25, -0.2) is 0 Å². The van der Waals surface area contributed by atoms with Crippen molar-refractivity contribution in [3.05, 3.63) is 58.7 Å². The molecule has 1 N–H and O–H groups in total. The van der Waals surface area contributed by atoms with Gasteiger partial charge in [-0.15, -0.1) is 11.3 Å². The van der Waals surface area contributed by atoms with E-state index < -0.39 is 0 Å². The van der Waals surface area contributed by atoms with Gasteiger partial charge in [-0.2, -0.15) is 9.83 Å². The molecule has 0 atom stereocenters. The van der Waals surface area contributed by atoms with Crippen LogP contribution in [0.5, 0.6) is 0 Å². The second-order valence-corrected chi connectivity index (χ2v) is 7.43. The zero-order valence-electron chi connectivity index (χ0n) is 13.8. The summed E-state index contributed by atoms with van der Waals surface area (Å²) in [7, 11) is 0. The van der Waals surface area contributed by atoms with Crippen LogP contribution in [0.2, 0.25) is 0 Å². The van der Waals surface area contributed by atoms with Gasteiger partial charge in [0.1, 0.15) is 11.1 Å². The molecule has 1 amide bonds. The first-order chi connectivity index (χ1) is 12.2. The van der Waals surface area contributed by atoms with E-state index in [2.05, 4.69) is 17.5 Å². The van der Waals surface area contributed by atoms with Crippen molar-refractivity contribution in [3.63, 3.8) is 0 Å². The van der Waals surface area contributed by atoms with E-state index in [-0.39, 0.29) is 12.5 Å². The van der Waals surface area contributed by atoms with Gasteiger partial charge in [0.25, 0.3) is 5.91 Å². The highest BCUT2D eigenvalue weighted by molar-refractivity contribution is 7.16. The number of amides is 1. The fraction of sp³-hybridized carbons (Fsp3) is 0.250. The number of nitriles is 1. The molecule has 0 fully saturated rings. The van der Waals surface area contributed by atoms with Crippen LogP contribution in [0.1, 0.15) is 28.8 Å². The summed E-state index contributed by atoms with van der Waals surface area (Å²) in [6.45, 7) is 0.234. The van der Waals surface area contributed by atoms with Crippen molar-refractivity contribution in [1.29, 1.82) is 5.26 Å². The maximum atomic E-state index is 12.5. The lowest BCUT2D eigenvalue weighted by Crippen LogP contribution is -2.39. The number of thiophene rings is 1. The number of nitrogens with one attached hydrogen (secondary N) is 1. The van der Waals surface area contributed by atoms with Crippen molar-refractivity contribution in [1.82, 2.24) is 0 Å². The van der Waals surface area contributed by atoms with Crippen molar-refractivity contribution in [2.75, 3.05) is 5.32 Å². The van der Waals surface area contributed by atoms with Gasteiger partial charge in [-0.3, -0.25) is 4.79 Å². The van der Waals surface area contributed by atoms with Gasteiger partial charge in [-0.1, -0.05) is 18.2 Å². The molecule has 1 aromatic carbocycles. The molecule has 124 valence electrons. The normalized spacial score (nSPS) is 13.2. The van der Waals surface area contributed by atoms with Gasteiger partial charge in [0.15, 0.2) is 12.4 Å². The minimum Gasteiger partial charge on any atom is -0.311 e. The second-order valence-electron chi connectivity index (χ2n) is 6.32. The van der Waals surface area contributed by atoms with Crippen LogP contribution in [-0.4, -0.2) is 5.91 Å². The van der Waals surface area contributed by atoms with E-state index >= 15 is 0 Å². The minimum absolute atomic E-state index is 0.102. The van der Waals surface area contributed by atoms with Gasteiger partial charge in [0, 0.05) is 16.3 Å². The number of benzene rings is 1. The third-order valence-corrected chi connectivity index (χ3v) is 5.82. The number of aryl methyl sites for hydroxylation is 1. The molecule has 4 rings (SSSR count). The van der Waals surface area contributed by atoms with Gasteiger partial charge < -0.3 is 5.32 Å². The quantitative estimate of drug-likeness (QED) is 0.736. The highest BCUT2D eigenvalue weighted by Gasteiger charge is 2.22. The minimum atomic E-state index is -0.102. The fourth-order valence-electron chi connectivity index (χ4n) is 3.38. The van der Waals surface area contributed by atoms with Crippen molar-refractivity contribution < 1.29 is 9.36 Å². The van der Waals surface area contributed by atoms with Crippen LogP contribution in [0.25, 0.3) is 10.8 Å². The van der Waals surface area contributed by atoms with Gasteiger partial charge in [0.05, 0.1) is 5.56 Å². The number of rotatable bonds is 3. The van der Waals surface area contributed by atoms with Crippen LogP contribution < -0.4 is 9.88 Å². The third-order valence-electron chi connectivity index (χ3n) is 4.61. The number of fused-ring (bicyclic) bond motifs is 2. The Kier molecular flexibility index (Phi) is 4.21. The van der Waals surface area contributed by atoms with E-state index in [1.807, 2.05) is 41.2 Å². The number of carbonyl (C=O) groups excluding carboxylic acids is 1. The Morgan fingerprint density at radius 2 is 2.00 bits per heavy atom. The summed E-state index contributed by atoms with van der Waals surface area (Å²) in [4.78, 5) is 13.7. The van der Waals surface area contributed by atoms with E-state index in [9.17, 15) is 10.1 Å². The highest BCUT2D eigenvalue weighted by atomic mass is 32.1. The lowest BCUT2D eigenvalue weighted by Gasteiger charge is -2.09. The van der Waals surface area contributed by atoms with E-state index in [0.29, 0.717) is 10.6 Å². The summed E-state index contributed by atoms with van der Waals surface area (Å²) >= 11 is 1.56. The third kappa shape index (κ3) is 3.13. The van der Waals surface area contributed by atoms with Gasteiger partial charge >= 0.3 is 0 Å². The predicted molar refractivity (Wildman–Crippen MR) is 98.4 cm³/mol. The molecule has 0 radical (unpaired) electrons. The standard InChI is InChI=1S/C20H17N3OS/c21-11-17-16-7-3-4-8-18(16)25-20(17)22-19(24)13-23-10-9-14-5-1-2-6-15(14)12-23/h1-2,5-6,9-10,12H,3-4,7-8,13H2/p+1. The van der Waals surface area contributed by atoms with Crippen LogP contribution in [0.4, 0.5) is 5.00 Å². The number of nitrogens with zero attached hydrogens (tertiary/aromatic N) is 2. The molecule has 4 nitrogen and oxygen atoms in total. The smallest absolute Gasteiger partial charge is 0.290 e. The first kappa shape index (κ1) is 15.8. The summed E-state index contributed by atoms with van der Waals surface area (Å²) in [5.74, 6) is -0.102. The first-order valence-corrected chi connectivity index (χ1v) is 9.28. The zero-order chi connectivity index (χ0) is 17.2. The van der Waals surface area contributed by atoms with E-state index in [1.54, 1.807) is 11.3 Å². The molecule has 0 saturated heterocycles. The summed E-state index contributed by atoms with van der Waals surface area (Å²) < 4.78 is 1.87. The molecule has 1 aliphatic rings. The van der Waals surface area contributed by atoms with Crippen LogP contribution in [0, 0.1) is 11.3 Å². The predicted octanol–water partition coefficient (Wildman–Crippen LogP) is 3.58. The zero-order valence-corrected chi connectivity index (χ0v) is 14.6. The van der Waals surface area contributed by atoms with Crippen LogP contribution >= 0.6 is 11.3 Å². The van der Waals surface area contributed by atoms with E-state index in [1.165, 1.54) is 11.3 Å². The topological polar surface area (TPSA) is 56.8 Å². The number of pyridine rings is 1. The molecule has 0 unspecified atom stereocenters. The van der Waals surface area contributed by atoms with Crippen LogP contribution in [-0.2, 0) is 24.2 Å². The molecule has 0 bridgehead atoms. The number of hydrogen-bond donors (Lipinski definition) is 1. The second kappa shape index (κ2) is 6.66. The Labute approximate surface area is 150 Å². The van der Waals surface area contributed by atoms with E-state index in [4.69, 9.17) is 0 Å². The monoisotopic (exact) mass is 348 g/mol. The molecule has 5 heteroatoms. The maximum absolute atomic E-state index is 12.5. The molecule has 2 heterocycles. The Balaban J connectivity index is 1.54. The Morgan fingerprint density at radius 1 is 1.20 bits per heavy atom. The average Bonchev–Trinajstić information content (AvgIpc) is 2.98. The number of carbonyl (C=O) groups is 1. The highest BCUT2D eigenvalue weighted by Crippen LogP contribution is 2.37. The Morgan fingerprint density at radius 3 is 2.84 bits per heavy atom. The fourth-order valence-corrected chi connectivity index (χ4v) is 4.64. The molecular weight excluding hydrogens is 330 g/mol. The maximum Gasteiger partial charge on any atom is 0.290 e. The van der Waals surface area contributed by atoms with E-state index in [0.717, 1.165) is 35.6 Å². The van der Waals surface area contributed by atoms with Crippen molar-refractivity contribution >= 4 is 33.0 Å². The average molecular weight is 348 g/mol. The largest absolute Gasteiger partial charge is 0.311 e. The number of anilines is 1. The van der Waals surface area contributed by atoms with Crippen molar-refractivity contribution in [3.8, 4) is 6.07 Å². The number of aromatic nitrogens is 1. The Bertz CT molecular complexity index is 1000. The molecule has 3 aromatic rings. The number of hydrogen-bond acceptors (Lipinski definition) is 3.